The summed E-state index contributed by atoms with van der Waals surface area (Å²) in [7, 11) is 0. The predicted molar refractivity (Wildman–Crippen MR) is 228 cm³/mol. The molecule has 4 aromatic carbocycles. The van der Waals surface area contributed by atoms with Gasteiger partial charge in [0.15, 0.2) is 0 Å². The molecule has 4 aromatic heterocycles. The van der Waals surface area contributed by atoms with E-state index in [1.807, 2.05) is 72.8 Å². The van der Waals surface area contributed by atoms with Crippen LogP contribution in [-0.4, -0.2) is 74.3 Å². The maximum absolute atomic E-state index is 11.3. The number of aromatic carboxylic acids is 2. The molecule has 8 rings (SSSR count). The van der Waals surface area contributed by atoms with Gasteiger partial charge in [-0.3, -0.25) is 20.0 Å². The number of aryl methyl sites for hydroxylation is 2. The van der Waals surface area contributed by atoms with Crippen molar-refractivity contribution in [2.45, 2.75) is 13.8 Å². The molecule has 0 aliphatic heterocycles. The number of para-hydroxylation sites is 2. The van der Waals surface area contributed by atoms with E-state index >= 15 is 0 Å². The van der Waals surface area contributed by atoms with Crippen LogP contribution < -0.4 is 0 Å². The summed E-state index contributed by atoms with van der Waals surface area (Å²) in [5.74, 6) is -2.26. The van der Waals surface area contributed by atoms with Crippen LogP contribution in [0.2, 0.25) is 0 Å². The zero-order valence-corrected chi connectivity index (χ0v) is 33.6. The number of benzene rings is 4. The Kier molecular flexibility index (Phi) is 13.4. The summed E-state index contributed by atoms with van der Waals surface area (Å²) in [6.07, 6.45) is 9.81. The van der Waals surface area contributed by atoms with E-state index in [0.717, 1.165) is 22.3 Å². The molecule has 0 saturated carbocycles. The summed E-state index contributed by atoms with van der Waals surface area (Å²) >= 11 is 0. The van der Waals surface area contributed by atoms with Gasteiger partial charge in [0.1, 0.15) is 0 Å². The third-order valence-electron chi connectivity index (χ3n) is 9.35. The fraction of sp³-hybridized carbons (Fsp3) is 0.0435. The normalized spacial score (nSPS) is 10.9. The molecule has 0 saturated heterocycles. The van der Waals surface area contributed by atoms with Crippen molar-refractivity contribution in [3.05, 3.63) is 180 Å². The molecule has 0 spiro atoms. The molecule has 0 unspecified atom stereocenters. The number of carbonyl (C=O) groups is 2. The minimum atomic E-state index is -1.06. The van der Waals surface area contributed by atoms with E-state index in [4.69, 9.17) is 0 Å². The molecule has 4 heterocycles. The minimum Gasteiger partial charge on any atom is -0.493 e. The molecule has 1 radical (unpaired) electrons. The van der Waals surface area contributed by atoms with E-state index in [2.05, 4.69) is 30.2 Å². The minimum absolute atomic E-state index is 0. The van der Waals surface area contributed by atoms with Gasteiger partial charge in [-0.1, -0.05) is 48.5 Å². The number of pyridine rings is 2. The molecule has 0 amide bonds. The number of hydrogen-bond donors (Lipinski definition) is 4. The molecule has 61 heavy (non-hydrogen) atoms. The Balaban J connectivity index is 0.000000201. The number of hydrogen-bond acceptors (Lipinski definition) is 10. The number of carboxylic acid groups (broad SMARTS) is 2. The average Bonchev–Trinajstić information content (AvgIpc) is 3.73. The van der Waals surface area contributed by atoms with Gasteiger partial charge in [0.25, 0.3) is 0 Å². The number of aromatic hydroxyl groups is 2. The van der Waals surface area contributed by atoms with Crippen LogP contribution in [0.1, 0.15) is 43.2 Å². The molecule has 0 atom stereocenters. The van der Waals surface area contributed by atoms with Crippen LogP contribution in [0.15, 0.2) is 156 Å². The predicted octanol–water partition coefficient (Wildman–Crippen LogP) is 8.79. The summed E-state index contributed by atoms with van der Waals surface area (Å²) < 4.78 is 2.85. The van der Waals surface area contributed by atoms with E-state index < -0.39 is 11.9 Å². The van der Waals surface area contributed by atoms with Gasteiger partial charge in [-0.25, -0.2) is 19.0 Å². The first-order chi connectivity index (χ1) is 29.1. The van der Waals surface area contributed by atoms with Crippen LogP contribution in [0, 0.1) is 13.8 Å². The van der Waals surface area contributed by atoms with Crippen molar-refractivity contribution >= 4 is 35.7 Å². The Morgan fingerprint density at radius 3 is 1.18 bits per heavy atom. The van der Waals surface area contributed by atoms with E-state index in [0.29, 0.717) is 45.3 Å². The molecule has 0 bridgehead atoms. The van der Waals surface area contributed by atoms with Crippen molar-refractivity contribution < 1.29 is 46.8 Å². The van der Waals surface area contributed by atoms with Crippen LogP contribution in [-0.2, 0) is 16.8 Å². The summed E-state index contributed by atoms with van der Waals surface area (Å²) in [5.41, 5.74) is 8.30. The maximum atomic E-state index is 11.3. The standard InChI is InChI=1S/2C23H18N4O3.Co/c2*1-15-20(14-25-21-5-3-2-4-19(21)23(29)30)22(28)27(26-15)18-8-6-16(7-9-18)17-10-12-24-13-11-17;/h2*2-14,28H,1H3,(H,29,30);. The van der Waals surface area contributed by atoms with Gasteiger partial charge in [0, 0.05) is 54.0 Å². The molecular weight excluding hydrogens is 819 g/mol. The van der Waals surface area contributed by atoms with Crippen LogP contribution >= 0.6 is 0 Å². The molecule has 15 heteroatoms. The first-order valence-electron chi connectivity index (χ1n) is 18.4. The topological polar surface area (TPSA) is 201 Å². The Hall–Kier alpha value is -8.01. The molecule has 4 N–H and O–H groups in total. The van der Waals surface area contributed by atoms with E-state index in [-0.39, 0.29) is 39.7 Å². The number of rotatable bonds is 10. The van der Waals surface area contributed by atoms with Crippen LogP contribution in [0.4, 0.5) is 11.4 Å². The van der Waals surface area contributed by atoms with Crippen molar-refractivity contribution in [3.8, 4) is 45.4 Å². The SMILES string of the molecule is Cc1nn(-c2ccc(-c3ccncc3)cc2)c(O)c1C=Nc1ccccc1C(=O)O.Cc1nn(-c2ccc(-c3ccncc3)cc2)c(O)c1C=Nc1ccccc1C(=O)O.[Co]. The Morgan fingerprint density at radius 2 is 0.836 bits per heavy atom. The van der Waals surface area contributed by atoms with Gasteiger partial charge < -0.3 is 20.4 Å². The summed E-state index contributed by atoms with van der Waals surface area (Å²) in [6, 6.07) is 35.8. The zero-order valence-electron chi connectivity index (χ0n) is 32.5. The van der Waals surface area contributed by atoms with Crippen LogP contribution in [0.5, 0.6) is 11.8 Å². The van der Waals surface area contributed by atoms with E-state index in [1.54, 1.807) is 75.0 Å². The van der Waals surface area contributed by atoms with Crippen LogP contribution in [0.25, 0.3) is 33.6 Å². The average molecular weight is 856 g/mol. The first kappa shape index (κ1) is 42.6. The second-order valence-corrected chi connectivity index (χ2v) is 13.2. The molecule has 14 nitrogen and oxygen atoms in total. The zero-order chi connectivity index (χ0) is 42.2. The molecule has 0 fully saturated rings. The molecule has 0 aliphatic rings. The fourth-order valence-electron chi connectivity index (χ4n) is 6.20. The van der Waals surface area contributed by atoms with Gasteiger partial charge in [0.05, 0.1) is 56.4 Å². The monoisotopic (exact) mass is 855 g/mol. The number of carboxylic acids is 2. The summed E-state index contributed by atoms with van der Waals surface area (Å²) in [4.78, 5) is 39.2. The summed E-state index contributed by atoms with van der Waals surface area (Å²) in [6.45, 7) is 3.51. The van der Waals surface area contributed by atoms with E-state index in [1.165, 1.54) is 33.9 Å². The van der Waals surface area contributed by atoms with Gasteiger partial charge in [-0.15, -0.1) is 0 Å². The molecule has 0 aliphatic carbocycles. The van der Waals surface area contributed by atoms with E-state index in [9.17, 15) is 30.0 Å². The molecule has 305 valence electrons. The Morgan fingerprint density at radius 1 is 0.508 bits per heavy atom. The Labute approximate surface area is 359 Å². The second kappa shape index (κ2) is 19.2. The molecular formula is C46H36CoN8O6. The largest absolute Gasteiger partial charge is 0.493 e. The molecule has 8 aromatic rings. The third-order valence-corrected chi connectivity index (χ3v) is 9.35. The van der Waals surface area contributed by atoms with Crippen molar-refractivity contribution in [2.24, 2.45) is 9.98 Å². The van der Waals surface area contributed by atoms with Crippen molar-refractivity contribution in [2.75, 3.05) is 0 Å². The third kappa shape index (κ3) is 9.66. The van der Waals surface area contributed by atoms with Gasteiger partial charge in [0.2, 0.25) is 11.8 Å². The number of aromatic nitrogens is 6. The van der Waals surface area contributed by atoms with Crippen molar-refractivity contribution in [3.63, 3.8) is 0 Å². The quantitative estimate of drug-likeness (QED) is 0.0964. The van der Waals surface area contributed by atoms with Crippen molar-refractivity contribution in [1.29, 1.82) is 0 Å². The van der Waals surface area contributed by atoms with Crippen molar-refractivity contribution in [1.82, 2.24) is 29.5 Å². The fourth-order valence-corrected chi connectivity index (χ4v) is 6.20. The Bertz CT molecular complexity index is 2660. The number of aliphatic imine (C=N–C) groups is 2. The maximum Gasteiger partial charge on any atom is 0.337 e. The van der Waals surface area contributed by atoms with Gasteiger partial charge in [-0.05, 0) is 109 Å². The smallest absolute Gasteiger partial charge is 0.337 e. The number of nitrogens with zero attached hydrogens (tertiary/aromatic N) is 8. The van der Waals surface area contributed by atoms with Crippen LogP contribution in [0.3, 0.4) is 0 Å². The first-order valence-corrected chi connectivity index (χ1v) is 18.4. The van der Waals surface area contributed by atoms with Gasteiger partial charge in [-0.2, -0.15) is 10.2 Å². The summed E-state index contributed by atoms with van der Waals surface area (Å²) in [5, 5.41) is 48.8. The van der Waals surface area contributed by atoms with Gasteiger partial charge >= 0.3 is 11.9 Å². The second-order valence-electron chi connectivity index (χ2n) is 13.2.